The third-order valence-electron chi connectivity index (χ3n) is 5.41. The van der Waals surface area contributed by atoms with Crippen LogP contribution in [-0.4, -0.2) is 12.1 Å². The topological polar surface area (TPSA) is 26.3 Å². The molecule has 2 heteroatoms. The Bertz CT molecular complexity index is 677. The highest BCUT2D eigenvalue weighted by molar-refractivity contribution is 5.89. The zero-order valence-corrected chi connectivity index (χ0v) is 15.3. The first-order valence-electron chi connectivity index (χ1n) is 9.58. The van der Waals surface area contributed by atoms with Gasteiger partial charge in [0.25, 0.3) is 0 Å². The summed E-state index contributed by atoms with van der Waals surface area (Å²) in [4.78, 5) is 12.3. The summed E-state index contributed by atoms with van der Waals surface area (Å²) in [7, 11) is 0. The minimum absolute atomic E-state index is 0.0597. The first-order valence-corrected chi connectivity index (χ1v) is 9.58. The molecule has 0 atom stereocenters. The van der Waals surface area contributed by atoms with E-state index in [-0.39, 0.29) is 12.1 Å². The van der Waals surface area contributed by atoms with E-state index in [1.165, 1.54) is 16.7 Å². The van der Waals surface area contributed by atoms with Gasteiger partial charge in [0.2, 0.25) is 0 Å². The van der Waals surface area contributed by atoms with Gasteiger partial charge in [-0.05, 0) is 73.3 Å². The maximum atomic E-state index is 12.3. The Morgan fingerprint density at radius 3 is 1.88 bits per heavy atom. The van der Waals surface area contributed by atoms with E-state index in [1.807, 2.05) is 24.3 Å². The van der Waals surface area contributed by atoms with Crippen molar-refractivity contribution in [3.05, 3.63) is 70.8 Å². The SMILES string of the molecule is CCc1ccc(C(=O)OC2CCC(c3ccc(CC)cc3)CC2)cc1. The molecule has 2 aromatic rings. The molecule has 0 unspecified atom stereocenters. The molecule has 1 aliphatic rings. The predicted octanol–water partition coefficient (Wildman–Crippen LogP) is 5.69. The summed E-state index contributed by atoms with van der Waals surface area (Å²) in [6.07, 6.45) is 6.24. The average molecular weight is 336 g/mol. The Kier molecular flexibility index (Phi) is 5.91. The highest BCUT2D eigenvalue weighted by Gasteiger charge is 2.25. The molecule has 0 saturated heterocycles. The van der Waals surface area contributed by atoms with Crippen molar-refractivity contribution in [3.8, 4) is 0 Å². The zero-order valence-electron chi connectivity index (χ0n) is 15.3. The van der Waals surface area contributed by atoms with Gasteiger partial charge < -0.3 is 4.74 Å². The van der Waals surface area contributed by atoms with Crippen LogP contribution in [0.4, 0.5) is 0 Å². The van der Waals surface area contributed by atoms with Crippen molar-refractivity contribution < 1.29 is 9.53 Å². The van der Waals surface area contributed by atoms with E-state index >= 15 is 0 Å². The summed E-state index contributed by atoms with van der Waals surface area (Å²) in [6.45, 7) is 4.30. The van der Waals surface area contributed by atoms with Crippen LogP contribution in [-0.2, 0) is 17.6 Å². The number of ether oxygens (including phenoxy) is 1. The number of carbonyl (C=O) groups excluding carboxylic acids is 1. The van der Waals surface area contributed by atoms with Gasteiger partial charge >= 0.3 is 5.97 Å². The third-order valence-corrected chi connectivity index (χ3v) is 5.41. The lowest BCUT2D eigenvalue weighted by Crippen LogP contribution is -2.24. The highest BCUT2D eigenvalue weighted by atomic mass is 16.5. The molecule has 0 amide bonds. The molecule has 0 aromatic heterocycles. The van der Waals surface area contributed by atoms with Gasteiger partial charge in [0.1, 0.15) is 6.10 Å². The van der Waals surface area contributed by atoms with Gasteiger partial charge in [-0.1, -0.05) is 50.2 Å². The summed E-state index contributed by atoms with van der Waals surface area (Å²) in [5, 5.41) is 0. The van der Waals surface area contributed by atoms with Crippen molar-refractivity contribution in [1.82, 2.24) is 0 Å². The van der Waals surface area contributed by atoms with E-state index < -0.39 is 0 Å². The van der Waals surface area contributed by atoms with Gasteiger partial charge in [-0.15, -0.1) is 0 Å². The molecule has 0 radical (unpaired) electrons. The van der Waals surface area contributed by atoms with Gasteiger partial charge in [-0.2, -0.15) is 0 Å². The first kappa shape index (κ1) is 17.7. The summed E-state index contributed by atoms with van der Waals surface area (Å²) in [5.41, 5.74) is 4.72. The van der Waals surface area contributed by atoms with Crippen LogP contribution in [0.1, 0.15) is 72.5 Å². The Morgan fingerprint density at radius 2 is 1.36 bits per heavy atom. The van der Waals surface area contributed by atoms with Gasteiger partial charge in [0, 0.05) is 0 Å². The van der Waals surface area contributed by atoms with Gasteiger partial charge in [0.15, 0.2) is 0 Å². The molecule has 0 heterocycles. The molecular weight excluding hydrogens is 308 g/mol. The summed E-state index contributed by atoms with van der Waals surface area (Å²) < 4.78 is 5.73. The van der Waals surface area contributed by atoms with E-state index in [9.17, 15) is 4.79 Å². The van der Waals surface area contributed by atoms with Gasteiger partial charge in [-0.3, -0.25) is 0 Å². The highest BCUT2D eigenvalue weighted by Crippen LogP contribution is 2.34. The Labute approximate surface area is 151 Å². The fourth-order valence-electron chi connectivity index (χ4n) is 3.64. The molecule has 0 aliphatic heterocycles. The summed E-state index contributed by atoms with van der Waals surface area (Å²) in [5.74, 6) is 0.420. The molecule has 1 saturated carbocycles. The molecule has 1 fully saturated rings. The second-order valence-corrected chi connectivity index (χ2v) is 7.02. The van der Waals surface area contributed by atoms with E-state index in [1.54, 1.807) is 0 Å². The van der Waals surface area contributed by atoms with Crippen molar-refractivity contribution in [1.29, 1.82) is 0 Å². The third kappa shape index (κ3) is 4.50. The van der Waals surface area contributed by atoms with Crippen LogP contribution in [0.5, 0.6) is 0 Å². The average Bonchev–Trinajstić information content (AvgIpc) is 2.68. The quantitative estimate of drug-likeness (QED) is 0.655. The Morgan fingerprint density at radius 1 is 0.840 bits per heavy atom. The minimum atomic E-state index is -0.182. The second kappa shape index (κ2) is 8.33. The Balaban J connectivity index is 1.52. The Hall–Kier alpha value is -2.09. The van der Waals surface area contributed by atoms with Crippen molar-refractivity contribution in [2.75, 3.05) is 0 Å². The number of rotatable bonds is 5. The van der Waals surface area contributed by atoms with Gasteiger partial charge in [-0.25, -0.2) is 4.79 Å². The normalized spacial score (nSPS) is 20.2. The summed E-state index contributed by atoms with van der Waals surface area (Å²) >= 11 is 0. The number of aryl methyl sites for hydroxylation is 2. The molecule has 2 nitrogen and oxygen atoms in total. The number of esters is 1. The van der Waals surface area contributed by atoms with E-state index in [0.717, 1.165) is 38.5 Å². The molecule has 25 heavy (non-hydrogen) atoms. The molecule has 132 valence electrons. The van der Waals surface area contributed by atoms with Crippen LogP contribution in [0.2, 0.25) is 0 Å². The first-order chi connectivity index (χ1) is 12.2. The maximum Gasteiger partial charge on any atom is 0.338 e. The van der Waals surface area contributed by atoms with Crippen LogP contribution >= 0.6 is 0 Å². The van der Waals surface area contributed by atoms with Crippen LogP contribution in [0, 0.1) is 0 Å². The van der Waals surface area contributed by atoms with Crippen LogP contribution in [0.25, 0.3) is 0 Å². The summed E-state index contributed by atoms with van der Waals surface area (Å²) in [6, 6.07) is 16.8. The molecule has 0 spiro atoms. The predicted molar refractivity (Wildman–Crippen MR) is 102 cm³/mol. The molecule has 1 aliphatic carbocycles. The number of benzene rings is 2. The lowest BCUT2D eigenvalue weighted by molar-refractivity contribution is 0.0195. The van der Waals surface area contributed by atoms with Crippen LogP contribution in [0.15, 0.2) is 48.5 Å². The monoisotopic (exact) mass is 336 g/mol. The largest absolute Gasteiger partial charge is 0.459 e. The number of hydrogen-bond donors (Lipinski definition) is 0. The molecular formula is C23H28O2. The maximum absolute atomic E-state index is 12.3. The fraction of sp³-hybridized carbons (Fsp3) is 0.435. The van der Waals surface area contributed by atoms with Crippen molar-refractivity contribution in [2.45, 2.75) is 64.4 Å². The van der Waals surface area contributed by atoms with Gasteiger partial charge in [0.05, 0.1) is 5.56 Å². The van der Waals surface area contributed by atoms with Crippen molar-refractivity contribution in [2.24, 2.45) is 0 Å². The van der Waals surface area contributed by atoms with Crippen LogP contribution in [0.3, 0.4) is 0 Å². The lowest BCUT2D eigenvalue weighted by Gasteiger charge is -2.28. The number of hydrogen-bond acceptors (Lipinski definition) is 2. The molecule has 2 aromatic carbocycles. The lowest BCUT2D eigenvalue weighted by atomic mass is 9.82. The van der Waals surface area contributed by atoms with E-state index in [4.69, 9.17) is 4.74 Å². The minimum Gasteiger partial charge on any atom is -0.459 e. The standard InChI is InChI=1S/C23H28O2/c1-3-17-5-9-19(10-6-17)20-13-15-22(16-14-20)25-23(24)21-11-7-18(4-2)8-12-21/h5-12,20,22H,3-4,13-16H2,1-2H3. The van der Waals surface area contributed by atoms with E-state index in [0.29, 0.717) is 11.5 Å². The van der Waals surface area contributed by atoms with Crippen LogP contribution < -0.4 is 0 Å². The molecule has 0 bridgehead atoms. The number of carbonyl (C=O) groups is 1. The zero-order chi connectivity index (χ0) is 17.6. The van der Waals surface area contributed by atoms with E-state index in [2.05, 4.69) is 38.1 Å². The smallest absolute Gasteiger partial charge is 0.338 e. The van der Waals surface area contributed by atoms with Crippen molar-refractivity contribution in [3.63, 3.8) is 0 Å². The van der Waals surface area contributed by atoms with Crippen molar-refractivity contribution >= 4 is 5.97 Å². The fourth-order valence-corrected chi connectivity index (χ4v) is 3.64. The molecule has 0 N–H and O–H groups in total. The second-order valence-electron chi connectivity index (χ2n) is 7.02. The molecule has 3 rings (SSSR count).